The number of oxime groups is 1. The fourth-order valence-electron chi connectivity index (χ4n) is 2.96. The molecule has 1 saturated heterocycles. The Morgan fingerprint density at radius 2 is 2.06 bits per heavy atom. The first-order chi connectivity index (χ1) is 8.63. The molecule has 1 aliphatic heterocycles. The number of rotatable bonds is 7. The van der Waals surface area contributed by atoms with E-state index in [4.69, 9.17) is 10.9 Å². The maximum Gasteiger partial charge on any atom is 0.139 e. The van der Waals surface area contributed by atoms with E-state index in [-0.39, 0.29) is 5.41 Å². The van der Waals surface area contributed by atoms with Gasteiger partial charge < -0.3 is 20.7 Å². The van der Waals surface area contributed by atoms with Gasteiger partial charge in [-0.05, 0) is 51.2 Å². The molecule has 0 aromatic heterocycles. The lowest BCUT2D eigenvalue weighted by Gasteiger charge is -2.25. The van der Waals surface area contributed by atoms with Crippen molar-refractivity contribution in [3.8, 4) is 0 Å². The molecule has 2 aliphatic rings. The van der Waals surface area contributed by atoms with Gasteiger partial charge in [-0.15, -0.1) is 0 Å². The highest BCUT2D eigenvalue weighted by molar-refractivity contribution is 5.80. The van der Waals surface area contributed by atoms with Crippen LogP contribution in [0.2, 0.25) is 0 Å². The van der Waals surface area contributed by atoms with Crippen LogP contribution in [0.1, 0.15) is 32.1 Å². The van der Waals surface area contributed by atoms with Gasteiger partial charge in [0.15, 0.2) is 0 Å². The van der Waals surface area contributed by atoms with Gasteiger partial charge in [-0.25, -0.2) is 0 Å². The molecule has 3 N–H and O–H groups in total. The Morgan fingerprint density at radius 1 is 1.39 bits per heavy atom. The van der Waals surface area contributed by atoms with Gasteiger partial charge >= 0.3 is 0 Å². The molecule has 18 heavy (non-hydrogen) atoms. The van der Waals surface area contributed by atoms with Gasteiger partial charge in [0, 0.05) is 26.1 Å². The van der Waals surface area contributed by atoms with Crippen LogP contribution in [-0.2, 0) is 0 Å². The topological polar surface area (TPSA) is 65.1 Å². The fourth-order valence-corrected chi connectivity index (χ4v) is 2.96. The summed E-state index contributed by atoms with van der Waals surface area (Å²) in [5.41, 5.74) is 5.91. The molecule has 104 valence electrons. The Morgan fingerprint density at radius 3 is 2.61 bits per heavy atom. The maximum absolute atomic E-state index is 8.65. The first-order valence-electron chi connectivity index (χ1n) is 7.01. The van der Waals surface area contributed by atoms with E-state index in [9.17, 15) is 0 Å². The van der Waals surface area contributed by atoms with Crippen LogP contribution >= 0.6 is 0 Å². The van der Waals surface area contributed by atoms with E-state index >= 15 is 0 Å². The summed E-state index contributed by atoms with van der Waals surface area (Å²) in [6, 6.07) is 0. The second-order valence-corrected chi connectivity index (χ2v) is 6.05. The van der Waals surface area contributed by atoms with Crippen molar-refractivity contribution in [1.29, 1.82) is 0 Å². The minimum atomic E-state index is 0.288. The quantitative estimate of drug-likeness (QED) is 0.307. The number of likely N-dealkylation sites (tertiary alicyclic amines) is 1. The third-order valence-electron chi connectivity index (χ3n) is 4.24. The van der Waals surface area contributed by atoms with Crippen molar-refractivity contribution in [3.05, 3.63) is 0 Å². The van der Waals surface area contributed by atoms with Crippen LogP contribution < -0.4 is 5.73 Å². The Hall–Kier alpha value is -0.810. The normalized spacial score (nSPS) is 23.8. The SMILES string of the molecule is CN(CCN1CCCC1)CC1(CC(N)=NO)CC1. The van der Waals surface area contributed by atoms with E-state index in [0.717, 1.165) is 19.5 Å². The van der Waals surface area contributed by atoms with Crippen LogP contribution in [0.25, 0.3) is 0 Å². The Balaban J connectivity index is 1.68. The van der Waals surface area contributed by atoms with Crippen LogP contribution in [-0.4, -0.2) is 60.6 Å². The smallest absolute Gasteiger partial charge is 0.139 e. The number of likely N-dealkylation sites (N-methyl/N-ethyl adjacent to an activating group) is 1. The van der Waals surface area contributed by atoms with Crippen molar-refractivity contribution in [3.63, 3.8) is 0 Å². The predicted molar refractivity (Wildman–Crippen MR) is 72.9 cm³/mol. The van der Waals surface area contributed by atoms with Crippen molar-refractivity contribution in [2.24, 2.45) is 16.3 Å². The fraction of sp³-hybridized carbons (Fsp3) is 0.923. The Bertz CT molecular complexity index is 295. The Labute approximate surface area is 110 Å². The van der Waals surface area contributed by atoms with Crippen molar-refractivity contribution in [2.75, 3.05) is 39.8 Å². The first kappa shape index (κ1) is 13.6. The molecule has 0 bridgehead atoms. The molecule has 0 atom stereocenters. The van der Waals surface area contributed by atoms with Crippen molar-refractivity contribution >= 4 is 5.84 Å². The van der Waals surface area contributed by atoms with Crippen molar-refractivity contribution < 1.29 is 5.21 Å². The number of nitrogens with zero attached hydrogens (tertiary/aromatic N) is 3. The van der Waals surface area contributed by atoms with Gasteiger partial charge in [0.2, 0.25) is 0 Å². The first-order valence-corrected chi connectivity index (χ1v) is 7.01. The maximum atomic E-state index is 8.65. The summed E-state index contributed by atoms with van der Waals surface area (Å²) in [7, 11) is 2.18. The minimum absolute atomic E-state index is 0.288. The van der Waals surface area contributed by atoms with E-state index in [1.165, 1.54) is 45.3 Å². The molecule has 5 heteroatoms. The molecular formula is C13H26N4O. The third kappa shape index (κ3) is 3.85. The highest BCUT2D eigenvalue weighted by Gasteiger charge is 2.43. The number of hydrogen-bond donors (Lipinski definition) is 2. The van der Waals surface area contributed by atoms with Crippen LogP contribution in [0, 0.1) is 5.41 Å². The summed E-state index contributed by atoms with van der Waals surface area (Å²) in [6.07, 6.45) is 5.86. The lowest BCUT2D eigenvalue weighted by Crippen LogP contribution is -2.36. The Kier molecular flexibility index (Phi) is 4.45. The van der Waals surface area contributed by atoms with Gasteiger partial charge in [0.05, 0.1) is 0 Å². The number of nitrogens with two attached hydrogens (primary N) is 1. The molecule has 0 aromatic carbocycles. The van der Waals surface area contributed by atoms with E-state index in [0.29, 0.717) is 5.84 Å². The molecule has 0 aromatic rings. The zero-order chi connectivity index (χ0) is 13.0. The number of hydrogen-bond acceptors (Lipinski definition) is 4. The van der Waals surface area contributed by atoms with E-state index in [1.54, 1.807) is 0 Å². The predicted octanol–water partition coefficient (Wildman–Crippen LogP) is 0.931. The standard InChI is InChI=1S/C13H26N4O/c1-16(8-9-17-6-2-3-7-17)11-13(4-5-13)10-12(14)15-18/h18H,2-11H2,1H3,(H2,14,15). The van der Waals surface area contributed by atoms with Crippen molar-refractivity contribution in [1.82, 2.24) is 9.80 Å². The molecule has 0 spiro atoms. The summed E-state index contributed by atoms with van der Waals surface area (Å²) in [4.78, 5) is 4.94. The summed E-state index contributed by atoms with van der Waals surface area (Å²) in [6.45, 7) is 5.90. The average Bonchev–Trinajstić information content (AvgIpc) is 2.91. The van der Waals surface area contributed by atoms with Crippen molar-refractivity contribution in [2.45, 2.75) is 32.1 Å². The summed E-state index contributed by atoms with van der Waals surface area (Å²) in [5.74, 6) is 0.375. The summed E-state index contributed by atoms with van der Waals surface area (Å²) >= 11 is 0. The van der Waals surface area contributed by atoms with Gasteiger partial charge in [0.25, 0.3) is 0 Å². The van der Waals surface area contributed by atoms with E-state index in [2.05, 4.69) is 22.0 Å². The molecule has 1 heterocycles. The van der Waals surface area contributed by atoms with Gasteiger partial charge in [-0.3, -0.25) is 0 Å². The molecule has 0 radical (unpaired) electrons. The van der Waals surface area contributed by atoms with Gasteiger partial charge in [-0.1, -0.05) is 5.16 Å². The van der Waals surface area contributed by atoms with Gasteiger partial charge in [0.1, 0.15) is 5.84 Å². The molecule has 0 unspecified atom stereocenters. The zero-order valence-electron chi connectivity index (χ0n) is 11.4. The third-order valence-corrected chi connectivity index (χ3v) is 4.24. The lowest BCUT2D eigenvalue weighted by atomic mass is 10.0. The summed E-state index contributed by atoms with van der Waals surface area (Å²) < 4.78 is 0. The minimum Gasteiger partial charge on any atom is -0.409 e. The summed E-state index contributed by atoms with van der Waals surface area (Å²) in [5, 5.41) is 11.7. The molecular weight excluding hydrogens is 228 g/mol. The molecule has 1 saturated carbocycles. The second-order valence-electron chi connectivity index (χ2n) is 6.05. The van der Waals surface area contributed by atoms with Crippen LogP contribution in [0.4, 0.5) is 0 Å². The molecule has 1 aliphatic carbocycles. The molecule has 2 rings (SSSR count). The highest BCUT2D eigenvalue weighted by Crippen LogP contribution is 2.49. The zero-order valence-corrected chi connectivity index (χ0v) is 11.4. The largest absolute Gasteiger partial charge is 0.409 e. The van der Waals surface area contributed by atoms with Gasteiger partial charge in [-0.2, -0.15) is 0 Å². The highest BCUT2D eigenvalue weighted by atomic mass is 16.4. The van der Waals surface area contributed by atoms with Crippen LogP contribution in [0.15, 0.2) is 5.16 Å². The molecule has 5 nitrogen and oxygen atoms in total. The lowest BCUT2D eigenvalue weighted by molar-refractivity contribution is 0.223. The monoisotopic (exact) mass is 254 g/mol. The molecule has 0 amide bonds. The second kappa shape index (κ2) is 5.89. The number of amidine groups is 1. The van der Waals surface area contributed by atoms with Crippen LogP contribution in [0.3, 0.4) is 0 Å². The van der Waals surface area contributed by atoms with E-state index < -0.39 is 0 Å². The average molecular weight is 254 g/mol. The van der Waals surface area contributed by atoms with E-state index in [1.807, 2.05) is 0 Å². The van der Waals surface area contributed by atoms with Crippen LogP contribution in [0.5, 0.6) is 0 Å². The molecule has 2 fully saturated rings.